The van der Waals surface area contributed by atoms with Crippen molar-refractivity contribution in [3.63, 3.8) is 0 Å². The predicted octanol–water partition coefficient (Wildman–Crippen LogP) is -0.467. The molecule has 80 valence electrons. The summed E-state index contributed by atoms with van der Waals surface area (Å²) in [6.45, 7) is 1.32. The molecule has 0 spiro atoms. The first-order chi connectivity index (χ1) is 6.72. The predicted molar refractivity (Wildman–Crippen MR) is 54.5 cm³/mol. The molecule has 1 atom stereocenters. The van der Waals surface area contributed by atoms with Gasteiger partial charge in [-0.1, -0.05) is 11.3 Å². The van der Waals surface area contributed by atoms with Gasteiger partial charge in [0.1, 0.15) is 0 Å². The van der Waals surface area contributed by atoms with E-state index >= 15 is 0 Å². The summed E-state index contributed by atoms with van der Waals surface area (Å²) in [6, 6.07) is 0. The number of H-pyrrole nitrogens is 1. The van der Waals surface area contributed by atoms with Gasteiger partial charge in [0, 0.05) is 31.3 Å². The van der Waals surface area contributed by atoms with Crippen molar-refractivity contribution in [2.75, 3.05) is 20.3 Å². The lowest BCUT2D eigenvalue weighted by atomic mass is 10.3. The van der Waals surface area contributed by atoms with E-state index in [1.54, 1.807) is 12.5 Å². The fourth-order valence-electron chi connectivity index (χ4n) is 1.03. The number of aromatic amines is 1. The fourth-order valence-corrected chi connectivity index (χ4v) is 1.61. The van der Waals surface area contributed by atoms with Gasteiger partial charge in [0.2, 0.25) is 0 Å². The van der Waals surface area contributed by atoms with Crippen LogP contribution >= 0.6 is 11.3 Å². The van der Waals surface area contributed by atoms with Gasteiger partial charge in [0.25, 0.3) is 0 Å². The molecular formula is C8H14N2O3S. The highest BCUT2D eigenvalue weighted by Gasteiger charge is 2.02. The van der Waals surface area contributed by atoms with Crippen molar-refractivity contribution in [2.24, 2.45) is 0 Å². The van der Waals surface area contributed by atoms with Crippen LogP contribution in [-0.2, 0) is 11.3 Å². The zero-order valence-corrected chi connectivity index (χ0v) is 8.76. The van der Waals surface area contributed by atoms with Crippen LogP contribution in [0.15, 0.2) is 10.2 Å². The number of aliphatic hydroxyl groups is 1. The molecule has 5 nitrogen and oxygen atoms in total. The van der Waals surface area contributed by atoms with Crippen LogP contribution in [0.5, 0.6) is 0 Å². The van der Waals surface area contributed by atoms with Gasteiger partial charge in [-0.3, -0.25) is 4.79 Å². The smallest absolute Gasteiger partial charge is 0.304 e. The van der Waals surface area contributed by atoms with E-state index in [0.717, 1.165) is 17.0 Å². The van der Waals surface area contributed by atoms with E-state index < -0.39 is 6.10 Å². The molecule has 1 aromatic heterocycles. The fraction of sp³-hybridized carbons (Fsp3) is 0.625. The summed E-state index contributed by atoms with van der Waals surface area (Å²) in [5, 5.41) is 14.0. The van der Waals surface area contributed by atoms with Gasteiger partial charge in [0.15, 0.2) is 0 Å². The summed E-state index contributed by atoms with van der Waals surface area (Å²) < 4.78 is 4.76. The van der Waals surface area contributed by atoms with Crippen LogP contribution in [0.25, 0.3) is 0 Å². The molecule has 0 aliphatic heterocycles. The highest BCUT2D eigenvalue weighted by atomic mass is 32.1. The van der Waals surface area contributed by atoms with E-state index in [9.17, 15) is 9.90 Å². The highest BCUT2D eigenvalue weighted by molar-refractivity contribution is 7.07. The molecule has 14 heavy (non-hydrogen) atoms. The molecule has 1 heterocycles. The summed E-state index contributed by atoms with van der Waals surface area (Å²) in [5.74, 6) is 0. The Bertz CT molecular complexity index is 310. The molecule has 0 aromatic carbocycles. The lowest BCUT2D eigenvalue weighted by Crippen LogP contribution is -2.29. The van der Waals surface area contributed by atoms with Gasteiger partial charge in [-0.2, -0.15) is 0 Å². The number of thiazole rings is 1. The van der Waals surface area contributed by atoms with E-state index in [1.165, 1.54) is 0 Å². The Morgan fingerprint density at radius 1 is 1.79 bits per heavy atom. The first-order valence-corrected chi connectivity index (χ1v) is 5.14. The van der Waals surface area contributed by atoms with E-state index in [-0.39, 0.29) is 4.87 Å². The maximum atomic E-state index is 10.8. The molecule has 0 bridgehead atoms. The summed E-state index contributed by atoms with van der Waals surface area (Å²) in [6.07, 6.45) is -0.509. The highest BCUT2D eigenvalue weighted by Crippen LogP contribution is 1.94. The van der Waals surface area contributed by atoms with Crippen LogP contribution in [0, 0.1) is 0 Å². The SMILES string of the molecule is COCC(O)CNCc1csc(=O)[nH]1. The van der Waals surface area contributed by atoms with Gasteiger partial charge in [-0.15, -0.1) is 0 Å². The summed E-state index contributed by atoms with van der Waals surface area (Å²) in [5.41, 5.74) is 0.838. The molecule has 6 heteroatoms. The van der Waals surface area contributed by atoms with Crippen molar-refractivity contribution in [2.45, 2.75) is 12.6 Å². The average molecular weight is 218 g/mol. The monoisotopic (exact) mass is 218 g/mol. The second-order valence-electron chi connectivity index (χ2n) is 2.91. The zero-order valence-electron chi connectivity index (χ0n) is 7.95. The Labute approximate surface area is 85.7 Å². The lowest BCUT2D eigenvalue weighted by Gasteiger charge is -2.09. The molecule has 0 saturated heterocycles. The van der Waals surface area contributed by atoms with Crippen molar-refractivity contribution in [1.82, 2.24) is 10.3 Å². The van der Waals surface area contributed by atoms with Crippen molar-refractivity contribution < 1.29 is 9.84 Å². The number of aromatic nitrogens is 1. The molecule has 0 aliphatic rings. The second-order valence-corrected chi connectivity index (χ2v) is 3.76. The Balaban J connectivity index is 2.18. The van der Waals surface area contributed by atoms with Crippen LogP contribution in [0.3, 0.4) is 0 Å². The molecular weight excluding hydrogens is 204 g/mol. The van der Waals surface area contributed by atoms with Crippen molar-refractivity contribution in [3.05, 3.63) is 20.7 Å². The number of methoxy groups -OCH3 is 1. The molecule has 3 N–H and O–H groups in total. The van der Waals surface area contributed by atoms with Crippen molar-refractivity contribution in [1.29, 1.82) is 0 Å². The van der Waals surface area contributed by atoms with Gasteiger partial charge in [0.05, 0.1) is 12.7 Å². The third-order valence-electron chi connectivity index (χ3n) is 1.63. The molecule has 0 radical (unpaired) electrons. The van der Waals surface area contributed by atoms with Crippen molar-refractivity contribution in [3.8, 4) is 0 Å². The molecule has 0 amide bonds. The van der Waals surface area contributed by atoms with Gasteiger partial charge >= 0.3 is 4.87 Å². The van der Waals surface area contributed by atoms with Crippen molar-refractivity contribution >= 4 is 11.3 Å². The molecule has 1 aromatic rings. The third kappa shape index (κ3) is 4.01. The molecule has 0 saturated carbocycles. The molecule has 0 aliphatic carbocycles. The lowest BCUT2D eigenvalue weighted by molar-refractivity contribution is 0.0643. The largest absolute Gasteiger partial charge is 0.389 e. The molecule has 0 fully saturated rings. The Morgan fingerprint density at radius 3 is 3.14 bits per heavy atom. The van der Waals surface area contributed by atoms with Crippen LogP contribution in [-0.4, -0.2) is 36.5 Å². The average Bonchev–Trinajstić information content (AvgIpc) is 2.52. The Kier molecular flexibility index (Phi) is 4.81. The maximum absolute atomic E-state index is 10.8. The first kappa shape index (κ1) is 11.4. The van der Waals surface area contributed by atoms with E-state index in [0.29, 0.717) is 19.7 Å². The number of hydrogen-bond donors (Lipinski definition) is 3. The normalized spacial score (nSPS) is 13.0. The Morgan fingerprint density at radius 2 is 2.57 bits per heavy atom. The van der Waals surface area contributed by atoms with Gasteiger partial charge < -0.3 is 20.1 Å². The number of aliphatic hydroxyl groups excluding tert-OH is 1. The molecule has 1 unspecified atom stereocenters. The summed E-state index contributed by atoms with van der Waals surface area (Å²) in [7, 11) is 1.54. The standard InChI is InChI=1S/C8H14N2O3S/c1-13-4-7(11)3-9-2-6-5-14-8(12)10-6/h5,7,9,11H,2-4H2,1H3,(H,10,12). The molecule has 1 rings (SSSR count). The topological polar surface area (TPSA) is 74.3 Å². The number of ether oxygens (including phenoxy) is 1. The summed E-state index contributed by atoms with van der Waals surface area (Å²) in [4.78, 5) is 13.4. The van der Waals surface area contributed by atoms with E-state index in [1.807, 2.05) is 0 Å². The van der Waals surface area contributed by atoms with Crippen LogP contribution in [0.4, 0.5) is 0 Å². The zero-order chi connectivity index (χ0) is 10.4. The summed E-state index contributed by atoms with van der Waals surface area (Å²) >= 11 is 1.14. The number of rotatable bonds is 6. The Hall–Kier alpha value is -0.690. The second kappa shape index (κ2) is 5.92. The van der Waals surface area contributed by atoms with Crippen LogP contribution in [0.2, 0.25) is 0 Å². The van der Waals surface area contributed by atoms with Gasteiger partial charge in [-0.25, -0.2) is 0 Å². The van der Waals surface area contributed by atoms with Crippen LogP contribution in [0.1, 0.15) is 5.69 Å². The minimum atomic E-state index is -0.509. The van der Waals surface area contributed by atoms with E-state index in [4.69, 9.17) is 4.74 Å². The third-order valence-corrected chi connectivity index (χ3v) is 2.34. The minimum Gasteiger partial charge on any atom is -0.389 e. The first-order valence-electron chi connectivity index (χ1n) is 4.26. The number of hydrogen-bond acceptors (Lipinski definition) is 5. The van der Waals surface area contributed by atoms with Gasteiger partial charge in [-0.05, 0) is 0 Å². The quantitative estimate of drug-likeness (QED) is 0.603. The number of nitrogens with one attached hydrogen (secondary N) is 2. The minimum absolute atomic E-state index is 0.0563. The van der Waals surface area contributed by atoms with Crippen LogP contribution < -0.4 is 10.2 Å². The maximum Gasteiger partial charge on any atom is 0.304 e. The van der Waals surface area contributed by atoms with E-state index in [2.05, 4.69) is 10.3 Å².